The lowest BCUT2D eigenvalue weighted by Gasteiger charge is -2.20. The Morgan fingerprint density at radius 1 is 1.02 bits per heavy atom. The predicted octanol–water partition coefficient (Wildman–Crippen LogP) is -2.25. The van der Waals surface area contributed by atoms with E-state index in [1.54, 1.807) is 0 Å². The molecule has 10 atom stereocenters. The third kappa shape index (κ3) is 7.09. The number of imidazole rings is 1. The van der Waals surface area contributed by atoms with Crippen LogP contribution >= 0.6 is 31.6 Å². The summed E-state index contributed by atoms with van der Waals surface area (Å²) in [5.74, 6) is -0.739. The van der Waals surface area contributed by atoms with Gasteiger partial charge in [-0.1, -0.05) is 0 Å². The first-order chi connectivity index (χ1) is 21.1. The molecule has 5 rings (SSSR count). The van der Waals surface area contributed by atoms with Crippen molar-refractivity contribution in [2.24, 2.45) is 5.73 Å². The van der Waals surface area contributed by atoms with Crippen LogP contribution in [0.5, 0.6) is 0 Å². The summed E-state index contributed by atoms with van der Waals surface area (Å²) < 4.78 is 52.3. The third-order valence-electron chi connectivity index (χ3n) is 6.80. The van der Waals surface area contributed by atoms with Gasteiger partial charge in [-0.05, 0) is 22.0 Å². The Morgan fingerprint density at radius 3 is 2.29 bits per heavy atom. The first-order valence-corrected chi connectivity index (χ1v) is 16.5. The van der Waals surface area contributed by atoms with E-state index in [-0.39, 0.29) is 27.3 Å². The molecule has 3 aromatic heterocycles. The minimum Gasteiger partial charge on any atom is -0.387 e. The number of nitrogen functional groups attached to an aromatic ring is 1. The number of ether oxygens (including phenoxy) is 2. The Bertz CT molecular complexity index is 1680. The molecule has 3 aromatic rings. The Balaban J connectivity index is 1.17. The quantitative estimate of drug-likeness (QED) is 0.0584. The summed E-state index contributed by atoms with van der Waals surface area (Å²) >= 11 is 3.18. The molecule has 0 bridgehead atoms. The number of nitrogens with zero attached hydrogens (tertiary/aromatic N) is 5. The molecule has 1 amide bonds. The molecular formula is C21H27BrN7O14P2+. The van der Waals surface area contributed by atoms with E-state index in [0.29, 0.717) is 0 Å². The zero-order chi connectivity index (χ0) is 32.8. The van der Waals surface area contributed by atoms with Gasteiger partial charge in [0, 0.05) is 6.07 Å². The number of primary amides is 1. The van der Waals surface area contributed by atoms with E-state index in [1.807, 2.05) is 0 Å². The van der Waals surface area contributed by atoms with E-state index in [0.717, 1.165) is 6.33 Å². The summed E-state index contributed by atoms with van der Waals surface area (Å²) in [7, 11) is -10.8. The lowest BCUT2D eigenvalue weighted by Crippen LogP contribution is -2.46. The number of pyridine rings is 1. The summed E-state index contributed by atoms with van der Waals surface area (Å²) in [6, 6.07) is 2.83. The van der Waals surface area contributed by atoms with Crippen LogP contribution in [-0.4, -0.2) is 105 Å². The van der Waals surface area contributed by atoms with Crippen molar-refractivity contribution in [3.8, 4) is 0 Å². The van der Waals surface area contributed by atoms with E-state index in [4.69, 9.17) is 30.0 Å². The number of fused-ring (bicyclic) bond motifs is 1. The van der Waals surface area contributed by atoms with Crippen molar-refractivity contribution in [2.75, 3.05) is 18.9 Å². The monoisotopic (exact) mass is 742 g/mol. The maximum atomic E-state index is 12.5. The molecule has 5 heterocycles. The average molecular weight is 743 g/mol. The molecule has 10 unspecified atom stereocenters. The summed E-state index contributed by atoms with van der Waals surface area (Å²) in [6.45, 7) is -1.82. The average Bonchev–Trinajstić information content (AvgIpc) is 3.56. The lowest BCUT2D eigenvalue weighted by atomic mass is 10.1. The number of aliphatic hydroxyl groups excluding tert-OH is 4. The van der Waals surface area contributed by atoms with E-state index < -0.39 is 83.8 Å². The number of anilines is 1. The molecule has 2 aliphatic heterocycles. The van der Waals surface area contributed by atoms with Crippen molar-refractivity contribution in [1.29, 1.82) is 0 Å². The number of phosphoric acid groups is 2. The van der Waals surface area contributed by atoms with Crippen LogP contribution in [0.3, 0.4) is 0 Å². The van der Waals surface area contributed by atoms with Crippen molar-refractivity contribution in [1.82, 2.24) is 19.5 Å². The van der Waals surface area contributed by atoms with Crippen molar-refractivity contribution in [3.63, 3.8) is 0 Å². The van der Waals surface area contributed by atoms with Crippen LogP contribution in [0.4, 0.5) is 5.82 Å². The Kier molecular flexibility index (Phi) is 9.72. The molecule has 2 fully saturated rings. The fourth-order valence-corrected chi connectivity index (χ4v) is 7.27. The standard InChI is InChI=1S/C21H26BrN7O14P2/c22-21-27-11-16(23)25-7-26-18(11)29(21)20-15(33)13(31)10(42-20)6-40-45(37,38)43-44(35,36)39-5-9-12(30)14(32)19(41-9)28-3-1-2-8(4-28)17(24)34/h1-4,7,9-10,12-15,19-20,30-33H,5-6H2,(H5-,23,24,25,26,34,35,36,37,38)/p+1. The van der Waals surface area contributed by atoms with Crippen LogP contribution in [0.2, 0.25) is 0 Å². The maximum absolute atomic E-state index is 12.5. The van der Waals surface area contributed by atoms with E-state index in [9.17, 15) is 44.1 Å². The largest absolute Gasteiger partial charge is 0.481 e. The molecule has 24 heteroatoms. The second-order valence-electron chi connectivity index (χ2n) is 9.79. The Morgan fingerprint density at radius 2 is 1.64 bits per heavy atom. The van der Waals surface area contributed by atoms with Crippen molar-refractivity contribution < 1.29 is 71.5 Å². The molecular weight excluding hydrogens is 716 g/mol. The fraction of sp³-hybridized carbons (Fsp3) is 0.476. The van der Waals surface area contributed by atoms with Gasteiger partial charge in [-0.25, -0.2) is 24.1 Å². The highest BCUT2D eigenvalue weighted by Crippen LogP contribution is 2.60. The predicted molar refractivity (Wildman–Crippen MR) is 147 cm³/mol. The number of hydrogen-bond donors (Lipinski definition) is 8. The SMILES string of the molecule is NC(=O)c1ccc[n+](C2OC(COP(=O)(O)OP(=O)(O)OCC3OC(n4c(Br)nc5c(N)ncnc54)C(O)C3O)C(O)C2O)c1. The van der Waals surface area contributed by atoms with Crippen LogP contribution < -0.4 is 16.0 Å². The van der Waals surface area contributed by atoms with Gasteiger partial charge < -0.3 is 51.2 Å². The maximum Gasteiger partial charge on any atom is 0.481 e. The lowest BCUT2D eigenvalue weighted by molar-refractivity contribution is -0.765. The number of phosphoric ester groups is 2. The van der Waals surface area contributed by atoms with Gasteiger partial charge in [-0.3, -0.25) is 18.4 Å². The van der Waals surface area contributed by atoms with Gasteiger partial charge in [0.05, 0.1) is 13.2 Å². The number of nitrogens with two attached hydrogens (primary N) is 2. The molecule has 2 saturated heterocycles. The molecule has 45 heavy (non-hydrogen) atoms. The number of amides is 1. The fourth-order valence-electron chi connectivity index (χ4n) is 4.63. The number of halogens is 1. The molecule has 0 aromatic carbocycles. The van der Waals surface area contributed by atoms with Crippen LogP contribution in [-0.2, 0) is 32.0 Å². The van der Waals surface area contributed by atoms with Crippen molar-refractivity contribution in [2.45, 2.75) is 49.1 Å². The minimum atomic E-state index is -5.39. The third-order valence-corrected chi connectivity index (χ3v) is 9.96. The van der Waals surface area contributed by atoms with Crippen LogP contribution in [0.15, 0.2) is 35.6 Å². The molecule has 0 saturated carbocycles. The minimum absolute atomic E-state index is 0.0280. The zero-order valence-corrected chi connectivity index (χ0v) is 25.9. The summed E-state index contributed by atoms with van der Waals surface area (Å²) in [4.78, 5) is 43.5. The summed E-state index contributed by atoms with van der Waals surface area (Å²) in [6.07, 6.45) is -8.24. The number of carbonyl (C=O) groups excluding carboxylic acids is 1. The van der Waals surface area contributed by atoms with Gasteiger partial charge in [0.15, 0.2) is 46.4 Å². The van der Waals surface area contributed by atoms with Crippen molar-refractivity contribution in [3.05, 3.63) is 41.2 Å². The first kappa shape index (κ1) is 33.8. The Labute approximate surface area is 260 Å². The van der Waals surface area contributed by atoms with E-state index in [1.165, 1.54) is 33.7 Å². The van der Waals surface area contributed by atoms with Crippen LogP contribution in [0.25, 0.3) is 11.2 Å². The highest BCUT2D eigenvalue weighted by Gasteiger charge is 2.50. The second-order valence-corrected chi connectivity index (χ2v) is 13.5. The van der Waals surface area contributed by atoms with Gasteiger partial charge in [-0.2, -0.15) is 8.88 Å². The number of hydrogen-bond acceptors (Lipinski definition) is 16. The second kappa shape index (κ2) is 12.9. The first-order valence-electron chi connectivity index (χ1n) is 12.7. The molecule has 0 spiro atoms. The topological polar surface area (TPSA) is 318 Å². The Hall–Kier alpha value is -2.53. The zero-order valence-electron chi connectivity index (χ0n) is 22.5. The molecule has 2 aliphatic rings. The van der Waals surface area contributed by atoms with Gasteiger partial charge in [0.2, 0.25) is 0 Å². The van der Waals surface area contributed by atoms with Gasteiger partial charge >= 0.3 is 15.6 Å². The highest BCUT2D eigenvalue weighted by atomic mass is 79.9. The molecule has 10 N–H and O–H groups in total. The number of rotatable bonds is 11. The number of carbonyl (C=O) groups is 1. The number of aromatic nitrogens is 5. The van der Waals surface area contributed by atoms with Gasteiger partial charge in [-0.15, -0.1) is 0 Å². The van der Waals surface area contributed by atoms with Crippen LogP contribution in [0, 0.1) is 0 Å². The normalized spacial score (nSPS) is 31.2. The van der Waals surface area contributed by atoms with Crippen molar-refractivity contribution >= 4 is 54.5 Å². The van der Waals surface area contributed by atoms with Crippen LogP contribution in [0.1, 0.15) is 22.8 Å². The molecule has 246 valence electrons. The van der Waals surface area contributed by atoms with Gasteiger partial charge in [0.1, 0.15) is 42.4 Å². The summed E-state index contributed by atoms with van der Waals surface area (Å²) in [5, 5.41) is 41.8. The van der Waals surface area contributed by atoms with Gasteiger partial charge in [0.25, 0.3) is 12.1 Å². The smallest absolute Gasteiger partial charge is 0.387 e. The van der Waals surface area contributed by atoms with E-state index >= 15 is 0 Å². The number of aliphatic hydroxyl groups is 4. The van der Waals surface area contributed by atoms with E-state index in [2.05, 4.69) is 35.2 Å². The summed E-state index contributed by atoms with van der Waals surface area (Å²) in [5.41, 5.74) is 11.4. The molecule has 0 aliphatic carbocycles. The highest BCUT2D eigenvalue weighted by molar-refractivity contribution is 9.10. The molecule has 21 nitrogen and oxygen atoms in total. The molecule has 0 radical (unpaired) electrons.